The summed E-state index contributed by atoms with van der Waals surface area (Å²) in [5.41, 5.74) is 16.7. The third-order valence-corrected chi connectivity index (χ3v) is 17.5. The van der Waals surface area contributed by atoms with Gasteiger partial charge in [0.2, 0.25) is 47.3 Å². The van der Waals surface area contributed by atoms with Crippen molar-refractivity contribution in [2.24, 2.45) is 11.2 Å². The Balaban J connectivity index is 0.947. The summed E-state index contributed by atoms with van der Waals surface area (Å²) in [4.78, 5) is 139. The average molecular weight is 1570 g/mol. The zero-order valence-electron chi connectivity index (χ0n) is 58.3. The molecule has 32 nitrogen and oxygen atoms in total. The highest BCUT2D eigenvalue weighted by molar-refractivity contribution is 14.1. The standard InChI is InChI=1S/C69H101IN13O19P/c70-51-24-22-49(23-25-51)14-12-21-58(84)73-35-9-7-18-55(68(92)93)79-67(91)54(26-28-59(85)74-34-8-1-2-20-62(88)78-56(69(94)95)27-29-60(86)75-36-10-11-39-102-103(72,96)97)77-63(89)32-40-98-42-44-100-46-47-101-45-43-99-41-37-76-61(87)30-31-64(90)82-48-50-15-3-4-16-52(50)66-65(53-17-5-6-19-57(53)82)80-81-83(66)38-13-33-71/h3-6,15-17,19,22-25,54-56H,1-2,7-14,18,20-21,26-48,71H2,(H,73,84)(H,74,85)(H,75,86)(H,76,87)(H,77,89)(H,78,88)(H,79,91)(H,92,93)(H,94,95)(H3,72,96,97). The molecule has 0 bridgehead atoms. The molecule has 4 aromatic rings. The minimum atomic E-state index is -4.09. The number of hydrogen-bond donors (Lipinski definition) is 12. The average Bonchev–Trinajstić information content (AvgIpc) is 1.68. The van der Waals surface area contributed by atoms with Crippen LogP contribution in [-0.2, 0) is 95.5 Å². The van der Waals surface area contributed by atoms with Crippen molar-refractivity contribution in [2.45, 2.75) is 160 Å². The van der Waals surface area contributed by atoms with Crippen LogP contribution in [0.1, 0.15) is 133 Å². The number of fused-ring (bicyclic) bond motifs is 5. The first-order valence-electron chi connectivity index (χ1n) is 35.0. The third-order valence-electron chi connectivity index (χ3n) is 16.2. The summed E-state index contributed by atoms with van der Waals surface area (Å²) in [7, 11) is -4.09. The summed E-state index contributed by atoms with van der Waals surface area (Å²) in [5.74, 6) is -6.12. The summed E-state index contributed by atoms with van der Waals surface area (Å²) in [5, 5.41) is 47.2. The number of nitrogens with one attached hydrogen (secondary N) is 7. The number of aryl methyl sites for hydroxylation is 2. The van der Waals surface area contributed by atoms with Crippen LogP contribution in [0.25, 0.3) is 22.5 Å². The highest BCUT2D eigenvalue weighted by Crippen LogP contribution is 2.41. The predicted molar refractivity (Wildman–Crippen MR) is 388 cm³/mol. The lowest BCUT2D eigenvalue weighted by Crippen LogP contribution is -2.52. The van der Waals surface area contributed by atoms with Crippen molar-refractivity contribution < 1.29 is 91.1 Å². The zero-order valence-corrected chi connectivity index (χ0v) is 61.3. The van der Waals surface area contributed by atoms with E-state index in [4.69, 9.17) is 35.1 Å². The molecule has 8 amide bonds. The van der Waals surface area contributed by atoms with Gasteiger partial charge >= 0.3 is 19.7 Å². The van der Waals surface area contributed by atoms with Crippen LogP contribution in [0.2, 0.25) is 0 Å². The minimum absolute atomic E-state index is 0.0199. The van der Waals surface area contributed by atoms with Gasteiger partial charge in [-0.05, 0) is 136 Å². The Kier molecular flexibility index (Phi) is 40.8. The number of aliphatic carboxylic acids is 2. The third kappa shape index (κ3) is 35.0. The summed E-state index contributed by atoms with van der Waals surface area (Å²) in [6.07, 6.45) is 4.27. The number of nitrogens with zero attached hydrogens (tertiary/aromatic N) is 4. The van der Waals surface area contributed by atoms with E-state index >= 15 is 0 Å². The number of hydrogen-bond acceptors (Lipinski definition) is 19. The Morgan fingerprint density at radius 1 is 0.524 bits per heavy atom. The normalized spacial score (nSPS) is 13.1. The number of anilines is 1. The molecule has 34 heteroatoms. The Morgan fingerprint density at radius 2 is 1.06 bits per heavy atom. The van der Waals surface area contributed by atoms with Gasteiger partial charge in [-0.1, -0.05) is 66.2 Å². The Bertz CT molecular complexity index is 3380. The number of amides is 8. The summed E-state index contributed by atoms with van der Waals surface area (Å²) >= 11 is 2.23. The van der Waals surface area contributed by atoms with Crippen LogP contribution in [0.3, 0.4) is 0 Å². The first-order valence-corrected chi connectivity index (χ1v) is 37.7. The van der Waals surface area contributed by atoms with E-state index < -0.39 is 67.3 Å². The van der Waals surface area contributed by atoms with Crippen molar-refractivity contribution in [3.63, 3.8) is 0 Å². The molecule has 0 spiro atoms. The van der Waals surface area contributed by atoms with Crippen molar-refractivity contribution in [3.8, 4) is 22.5 Å². The fourth-order valence-corrected chi connectivity index (χ4v) is 11.5. The van der Waals surface area contributed by atoms with E-state index in [1.54, 1.807) is 4.90 Å². The lowest BCUT2D eigenvalue weighted by atomic mass is 9.95. The van der Waals surface area contributed by atoms with E-state index in [0.717, 1.165) is 44.4 Å². The Morgan fingerprint density at radius 3 is 1.71 bits per heavy atom. The number of aromatic nitrogens is 3. The highest BCUT2D eigenvalue weighted by atomic mass is 127. The van der Waals surface area contributed by atoms with Gasteiger partial charge in [0.05, 0.1) is 77.4 Å². The summed E-state index contributed by atoms with van der Waals surface area (Å²) in [6.45, 7) is 3.73. The molecule has 0 aliphatic carbocycles. The Labute approximate surface area is 613 Å². The molecule has 0 saturated carbocycles. The number of para-hydroxylation sites is 1. The first kappa shape index (κ1) is 85.8. The molecule has 1 aliphatic heterocycles. The van der Waals surface area contributed by atoms with Crippen LogP contribution < -0.4 is 53.4 Å². The topological polar surface area (TPSA) is 465 Å². The second-order valence-electron chi connectivity index (χ2n) is 24.4. The molecule has 2 heterocycles. The van der Waals surface area contributed by atoms with E-state index in [2.05, 4.69) is 74.6 Å². The van der Waals surface area contributed by atoms with Gasteiger partial charge in [0.15, 0.2) is 0 Å². The second-order valence-corrected chi connectivity index (χ2v) is 27.0. The molecule has 568 valence electrons. The molecule has 4 unspecified atom stereocenters. The van der Waals surface area contributed by atoms with Gasteiger partial charge in [-0.3, -0.25) is 42.9 Å². The van der Waals surface area contributed by atoms with Gasteiger partial charge < -0.3 is 81.9 Å². The van der Waals surface area contributed by atoms with Gasteiger partial charge in [0.1, 0.15) is 23.8 Å². The quantitative estimate of drug-likeness (QED) is 0.0169. The van der Waals surface area contributed by atoms with E-state index in [0.29, 0.717) is 95.3 Å². The number of carbonyl (C=O) groups excluding carboxylic acids is 8. The molecule has 3 aromatic carbocycles. The second kappa shape index (κ2) is 49.0. The number of carboxylic acids is 2. The van der Waals surface area contributed by atoms with Gasteiger partial charge in [0, 0.05) is 92.4 Å². The lowest BCUT2D eigenvalue weighted by Gasteiger charge is -2.28. The number of nitrogens with two attached hydrogens (primary N) is 2. The molecule has 14 N–H and O–H groups in total. The molecule has 1 aliphatic rings. The largest absolute Gasteiger partial charge is 0.480 e. The molecule has 103 heavy (non-hydrogen) atoms. The molecule has 0 fully saturated rings. The van der Waals surface area contributed by atoms with Crippen molar-refractivity contribution in [3.05, 3.63) is 87.5 Å². The van der Waals surface area contributed by atoms with Crippen LogP contribution in [0.4, 0.5) is 5.69 Å². The van der Waals surface area contributed by atoms with Gasteiger partial charge in [-0.15, -0.1) is 5.10 Å². The van der Waals surface area contributed by atoms with Crippen molar-refractivity contribution >= 4 is 95.2 Å². The van der Waals surface area contributed by atoms with Crippen LogP contribution in [0.15, 0.2) is 72.8 Å². The molecular formula is C69H101IN13O19P. The number of rotatable bonds is 54. The molecule has 4 atom stereocenters. The molecule has 5 rings (SSSR count). The molecule has 0 saturated heterocycles. The predicted octanol–water partition coefficient (Wildman–Crippen LogP) is 3.91. The fraction of sp³-hybridized carbons (Fsp3) is 0.565. The van der Waals surface area contributed by atoms with Crippen LogP contribution >= 0.6 is 30.3 Å². The first-order chi connectivity index (χ1) is 49.6. The highest BCUT2D eigenvalue weighted by Gasteiger charge is 2.31. The monoisotopic (exact) mass is 1570 g/mol. The number of carbonyl (C=O) groups is 10. The van der Waals surface area contributed by atoms with Crippen molar-refractivity contribution in [2.75, 3.05) is 97.1 Å². The van der Waals surface area contributed by atoms with E-state index in [1.165, 1.54) is 0 Å². The van der Waals surface area contributed by atoms with E-state index in [9.17, 15) is 62.7 Å². The number of benzene rings is 3. The molecular weight excluding hydrogens is 1470 g/mol. The molecule has 0 radical (unpaired) electrons. The Hall–Kier alpha value is -7.86. The minimum Gasteiger partial charge on any atom is -0.480 e. The van der Waals surface area contributed by atoms with Gasteiger partial charge in [-0.2, -0.15) is 0 Å². The maximum absolute atomic E-state index is 13.9. The maximum atomic E-state index is 13.9. The zero-order chi connectivity index (χ0) is 74.6. The van der Waals surface area contributed by atoms with E-state index in [1.807, 2.05) is 77.5 Å². The fourth-order valence-electron chi connectivity index (χ4n) is 10.7. The van der Waals surface area contributed by atoms with Crippen LogP contribution in [0, 0.1) is 3.57 Å². The number of unbranched alkanes of at least 4 members (excludes halogenated alkanes) is 4. The number of carboxylic acid groups (broad SMARTS) is 2. The smallest absolute Gasteiger partial charge is 0.400 e. The van der Waals surface area contributed by atoms with E-state index in [-0.39, 0.29) is 155 Å². The SMILES string of the molecule is NCCCn1nnc2c1-c1ccccc1CN(C(=O)CCC(=O)NCCOCCOCCOCCOCCC(=O)NC(CCC(=O)NCCCCCC(=O)NC(CCC(=O)NCCCCOP(N)(=O)O)C(=O)O)C(=O)NC(CCCCNC(=O)CCCc1ccc(I)cc1)C(=O)O)c1ccccc1-2. The number of ether oxygens (including phenoxy) is 4. The lowest BCUT2D eigenvalue weighted by molar-refractivity contribution is -0.143. The van der Waals surface area contributed by atoms with Gasteiger partial charge in [-0.25, -0.2) is 24.3 Å². The van der Waals surface area contributed by atoms with Crippen molar-refractivity contribution in [1.29, 1.82) is 0 Å². The van der Waals surface area contributed by atoms with Crippen LogP contribution in [0.5, 0.6) is 0 Å². The van der Waals surface area contributed by atoms with Crippen LogP contribution in [-0.4, -0.2) is 200 Å². The summed E-state index contributed by atoms with van der Waals surface area (Å²) in [6, 6.07) is 19.5. The van der Waals surface area contributed by atoms with Crippen molar-refractivity contribution in [1.82, 2.24) is 52.2 Å². The maximum Gasteiger partial charge on any atom is 0.400 e. The molecule has 1 aromatic heterocycles. The van der Waals surface area contributed by atoms with Gasteiger partial charge in [0.25, 0.3) is 0 Å². The summed E-state index contributed by atoms with van der Waals surface area (Å²) < 4.78 is 40.9. The number of halogens is 1.